The number of carbonyl (C=O) groups is 1. The van der Waals surface area contributed by atoms with Crippen molar-refractivity contribution in [2.45, 2.75) is 43.5 Å². The third-order valence-electron chi connectivity index (χ3n) is 7.16. The molecule has 0 radical (unpaired) electrons. The first kappa shape index (κ1) is 24.2. The maximum atomic E-state index is 12.7. The zero-order chi connectivity index (χ0) is 24.2. The second-order valence-electron chi connectivity index (χ2n) is 9.75. The van der Waals surface area contributed by atoms with Crippen LogP contribution in [0.2, 0.25) is 0 Å². The number of nitrogens with one attached hydrogen (secondary N) is 2. The van der Waals surface area contributed by atoms with E-state index in [1.54, 1.807) is 0 Å². The third-order valence-corrected chi connectivity index (χ3v) is 8.29. The number of amides is 1. The minimum Gasteiger partial charge on any atom is -0.369 e. The topological polar surface area (TPSA) is 76.6 Å². The second kappa shape index (κ2) is 11.0. The van der Waals surface area contributed by atoms with Gasteiger partial charge in [0, 0.05) is 62.2 Å². The van der Waals surface area contributed by atoms with Gasteiger partial charge in [-0.2, -0.15) is 4.98 Å². The summed E-state index contributed by atoms with van der Waals surface area (Å²) < 4.78 is 0. The molecule has 1 amide bonds. The Hall–Kier alpha value is -2.52. The van der Waals surface area contributed by atoms with E-state index in [0.29, 0.717) is 0 Å². The molecule has 9 heteroatoms. The van der Waals surface area contributed by atoms with Gasteiger partial charge >= 0.3 is 0 Å². The number of benzene rings is 1. The molecule has 0 atom stereocenters. The number of nitrogens with zero attached hydrogens (tertiary/aromatic N) is 5. The quantitative estimate of drug-likeness (QED) is 0.607. The summed E-state index contributed by atoms with van der Waals surface area (Å²) in [5, 5.41) is 6.71. The number of rotatable bonds is 7. The van der Waals surface area contributed by atoms with Crippen molar-refractivity contribution >= 4 is 35.1 Å². The molecule has 8 nitrogen and oxygen atoms in total. The number of fused-ring (bicyclic) bond motifs is 1. The lowest BCUT2D eigenvalue weighted by Gasteiger charge is -2.36. The Morgan fingerprint density at radius 1 is 1.03 bits per heavy atom. The predicted molar refractivity (Wildman–Crippen MR) is 144 cm³/mol. The number of hydrogen-bond acceptors (Lipinski definition) is 8. The predicted octanol–water partition coefficient (Wildman–Crippen LogP) is 3.10. The zero-order valence-electron chi connectivity index (χ0n) is 20.9. The van der Waals surface area contributed by atoms with E-state index >= 15 is 0 Å². The van der Waals surface area contributed by atoms with Gasteiger partial charge in [-0.25, -0.2) is 4.98 Å². The number of likely N-dealkylation sites (tertiary alicyclic amines) is 1. The van der Waals surface area contributed by atoms with Crippen LogP contribution in [-0.2, 0) is 6.42 Å². The van der Waals surface area contributed by atoms with E-state index in [1.165, 1.54) is 10.6 Å². The highest BCUT2D eigenvalue weighted by Gasteiger charge is 2.25. The van der Waals surface area contributed by atoms with Crippen LogP contribution in [0.5, 0.6) is 0 Å². The largest absolute Gasteiger partial charge is 0.369 e. The standard InChI is InChI=1S/C26H37N7OS/c1-3-11-27-24-23-22(10-18-35-23)29-26(30-24)33-16-14-32(15-17-33)21-6-4-19(5-7-21)25(34)28-20-8-12-31(2)13-9-20/h4-7,20H,3,8-18H2,1-2H3,(H,28,34)(H,27,29,30). The van der Waals surface area contributed by atoms with Crippen molar-refractivity contribution in [1.29, 1.82) is 0 Å². The molecular weight excluding hydrogens is 458 g/mol. The number of aromatic nitrogens is 2. The molecule has 5 rings (SSSR count). The number of thioether (sulfide) groups is 1. The molecule has 4 heterocycles. The molecule has 35 heavy (non-hydrogen) atoms. The van der Waals surface area contributed by atoms with Gasteiger partial charge in [0.15, 0.2) is 0 Å². The van der Waals surface area contributed by atoms with Crippen LogP contribution in [0, 0.1) is 0 Å². The summed E-state index contributed by atoms with van der Waals surface area (Å²) in [6.45, 7) is 8.79. The number of hydrogen-bond donors (Lipinski definition) is 2. The van der Waals surface area contributed by atoms with Crippen LogP contribution in [0.4, 0.5) is 17.5 Å². The first-order valence-corrected chi connectivity index (χ1v) is 14.0. The minimum absolute atomic E-state index is 0.0373. The molecule has 0 unspecified atom stereocenters. The summed E-state index contributed by atoms with van der Waals surface area (Å²) in [6, 6.07) is 8.35. The van der Waals surface area contributed by atoms with Gasteiger partial charge in [0.25, 0.3) is 5.91 Å². The van der Waals surface area contributed by atoms with E-state index in [0.717, 1.165) is 100 Å². The first-order chi connectivity index (χ1) is 17.1. The van der Waals surface area contributed by atoms with Crippen molar-refractivity contribution in [2.24, 2.45) is 0 Å². The maximum absolute atomic E-state index is 12.7. The lowest BCUT2D eigenvalue weighted by molar-refractivity contribution is 0.0917. The van der Waals surface area contributed by atoms with Crippen molar-refractivity contribution in [3.63, 3.8) is 0 Å². The van der Waals surface area contributed by atoms with Crippen molar-refractivity contribution in [3.8, 4) is 0 Å². The SMILES string of the molecule is CCCNc1nc(N2CCN(c3ccc(C(=O)NC4CCN(C)CC4)cc3)CC2)nc2c1SCC2. The summed E-state index contributed by atoms with van der Waals surface area (Å²) in [4.78, 5) is 30.7. The molecule has 0 saturated carbocycles. The van der Waals surface area contributed by atoms with Crippen LogP contribution in [0.3, 0.4) is 0 Å². The van der Waals surface area contributed by atoms with Crippen LogP contribution >= 0.6 is 11.8 Å². The van der Waals surface area contributed by atoms with Gasteiger partial charge in [0.1, 0.15) is 5.82 Å². The van der Waals surface area contributed by atoms with Gasteiger partial charge in [-0.15, -0.1) is 11.8 Å². The third kappa shape index (κ3) is 5.67. The van der Waals surface area contributed by atoms with Gasteiger partial charge in [-0.3, -0.25) is 4.79 Å². The fourth-order valence-electron chi connectivity index (χ4n) is 4.97. The summed E-state index contributed by atoms with van der Waals surface area (Å²) >= 11 is 1.87. The minimum atomic E-state index is 0.0373. The Labute approximate surface area is 212 Å². The van der Waals surface area contributed by atoms with Crippen molar-refractivity contribution in [2.75, 3.05) is 73.7 Å². The molecule has 1 aromatic heterocycles. The number of carbonyl (C=O) groups excluding carboxylic acids is 1. The lowest BCUT2D eigenvalue weighted by Crippen LogP contribution is -2.47. The van der Waals surface area contributed by atoms with Gasteiger partial charge in [0.05, 0.1) is 10.6 Å². The van der Waals surface area contributed by atoms with Crippen LogP contribution in [0.25, 0.3) is 0 Å². The van der Waals surface area contributed by atoms with E-state index in [9.17, 15) is 4.79 Å². The number of aryl methyl sites for hydroxylation is 1. The molecule has 1 aromatic carbocycles. The van der Waals surface area contributed by atoms with Gasteiger partial charge in [-0.05, 0) is 63.7 Å². The fourth-order valence-corrected chi connectivity index (χ4v) is 6.04. The number of piperidine rings is 1. The highest BCUT2D eigenvalue weighted by molar-refractivity contribution is 7.99. The lowest BCUT2D eigenvalue weighted by atomic mass is 10.0. The molecule has 2 fully saturated rings. The molecule has 188 valence electrons. The smallest absolute Gasteiger partial charge is 0.251 e. The average Bonchev–Trinajstić information content (AvgIpc) is 3.38. The Kier molecular flexibility index (Phi) is 7.63. The van der Waals surface area contributed by atoms with Crippen LogP contribution in [0.15, 0.2) is 29.2 Å². The highest BCUT2D eigenvalue weighted by Crippen LogP contribution is 2.36. The molecule has 2 aromatic rings. The molecule has 0 bridgehead atoms. The van der Waals surface area contributed by atoms with Crippen molar-refractivity contribution in [1.82, 2.24) is 20.2 Å². The van der Waals surface area contributed by atoms with Gasteiger partial charge in [-0.1, -0.05) is 6.92 Å². The van der Waals surface area contributed by atoms with Crippen LogP contribution in [-0.4, -0.2) is 85.4 Å². The van der Waals surface area contributed by atoms with Gasteiger partial charge in [0.2, 0.25) is 5.95 Å². The Bertz CT molecular complexity index is 1020. The van der Waals surface area contributed by atoms with E-state index in [2.05, 4.69) is 51.4 Å². The van der Waals surface area contributed by atoms with E-state index in [-0.39, 0.29) is 11.9 Å². The maximum Gasteiger partial charge on any atom is 0.251 e. The fraction of sp³-hybridized carbons (Fsp3) is 0.577. The molecular formula is C26H37N7OS. The molecule has 3 aliphatic heterocycles. The molecule has 2 N–H and O–H groups in total. The summed E-state index contributed by atoms with van der Waals surface area (Å²) in [5.41, 5.74) is 3.09. The highest BCUT2D eigenvalue weighted by atomic mass is 32.2. The molecule has 0 aliphatic carbocycles. The number of anilines is 3. The molecule has 3 aliphatic rings. The average molecular weight is 496 g/mol. The van der Waals surface area contributed by atoms with Crippen LogP contribution < -0.4 is 20.4 Å². The van der Waals surface area contributed by atoms with Gasteiger partial charge < -0.3 is 25.3 Å². The van der Waals surface area contributed by atoms with Crippen LogP contribution in [0.1, 0.15) is 42.2 Å². The van der Waals surface area contributed by atoms with Crippen molar-refractivity contribution in [3.05, 3.63) is 35.5 Å². The van der Waals surface area contributed by atoms with Crippen molar-refractivity contribution < 1.29 is 4.79 Å². The molecule has 2 saturated heterocycles. The Morgan fingerprint density at radius 3 is 2.46 bits per heavy atom. The summed E-state index contributed by atoms with van der Waals surface area (Å²) in [5.74, 6) is 2.99. The number of piperazine rings is 1. The molecule has 0 spiro atoms. The summed E-state index contributed by atoms with van der Waals surface area (Å²) in [7, 11) is 2.14. The monoisotopic (exact) mass is 495 g/mol. The zero-order valence-corrected chi connectivity index (χ0v) is 21.7. The first-order valence-electron chi connectivity index (χ1n) is 13.0. The van der Waals surface area contributed by atoms with E-state index in [1.807, 2.05) is 23.9 Å². The Balaban J connectivity index is 1.17. The second-order valence-corrected chi connectivity index (χ2v) is 10.9. The normalized spacial score (nSPS) is 19.0. The van der Waals surface area contributed by atoms with E-state index in [4.69, 9.17) is 9.97 Å². The van der Waals surface area contributed by atoms with E-state index < -0.39 is 0 Å². The summed E-state index contributed by atoms with van der Waals surface area (Å²) in [6.07, 6.45) is 4.14. The Morgan fingerprint density at radius 2 is 1.74 bits per heavy atom.